The van der Waals surface area contributed by atoms with Crippen molar-refractivity contribution in [1.29, 1.82) is 0 Å². The standard InChI is InChI=1S/C13H14F4N4O2/c1-6-10(13(15,16)17)11(14)8-4-18-12(20-21(6)8)19-7-2-3-23-5-9(7)22/h4,7,9,22H,2-3,5H2,1H3,(H,19,20)/t7-,9-/m1/s1. The third-order valence-corrected chi connectivity index (χ3v) is 3.78. The second-order valence-corrected chi connectivity index (χ2v) is 5.33. The number of aromatic nitrogens is 3. The van der Waals surface area contributed by atoms with Crippen LogP contribution >= 0.6 is 0 Å². The normalized spacial score (nSPS) is 22.5. The molecule has 2 N–H and O–H groups in total. The van der Waals surface area contributed by atoms with Gasteiger partial charge in [0.25, 0.3) is 0 Å². The van der Waals surface area contributed by atoms with Crippen molar-refractivity contribution in [2.45, 2.75) is 31.7 Å². The monoisotopic (exact) mass is 334 g/mol. The van der Waals surface area contributed by atoms with E-state index in [4.69, 9.17) is 4.74 Å². The van der Waals surface area contributed by atoms with Crippen LogP contribution in [-0.2, 0) is 10.9 Å². The molecule has 0 aliphatic carbocycles. The van der Waals surface area contributed by atoms with E-state index in [0.29, 0.717) is 13.0 Å². The van der Waals surface area contributed by atoms with Crippen LogP contribution in [0.2, 0.25) is 0 Å². The molecule has 23 heavy (non-hydrogen) atoms. The van der Waals surface area contributed by atoms with Crippen LogP contribution in [0.3, 0.4) is 0 Å². The number of alkyl halides is 3. The van der Waals surface area contributed by atoms with Crippen molar-refractivity contribution in [2.24, 2.45) is 0 Å². The first-order valence-electron chi connectivity index (χ1n) is 6.92. The molecule has 1 saturated heterocycles. The third-order valence-electron chi connectivity index (χ3n) is 3.78. The van der Waals surface area contributed by atoms with Crippen molar-refractivity contribution in [3.8, 4) is 0 Å². The second kappa shape index (κ2) is 5.60. The molecule has 0 amide bonds. The largest absolute Gasteiger partial charge is 0.421 e. The molecule has 2 atom stereocenters. The summed E-state index contributed by atoms with van der Waals surface area (Å²) in [6.45, 7) is 1.72. The Labute approximate surface area is 128 Å². The minimum atomic E-state index is -4.81. The number of hydrogen-bond donors (Lipinski definition) is 2. The molecule has 126 valence electrons. The number of fused-ring (bicyclic) bond motifs is 1. The van der Waals surface area contributed by atoms with E-state index in [-0.39, 0.29) is 29.8 Å². The van der Waals surface area contributed by atoms with Gasteiger partial charge in [0.1, 0.15) is 11.1 Å². The highest BCUT2D eigenvalue weighted by Gasteiger charge is 2.39. The average molecular weight is 334 g/mol. The molecule has 2 aromatic rings. The molecule has 0 bridgehead atoms. The van der Waals surface area contributed by atoms with E-state index in [1.807, 2.05) is 0 Å². The van der Waals surface area contributed by atoms with Crippen LogP contribution in [0.15, 0.2) is 6.20 Å². The fourth-order valence-electron chi connectivity index (χ4n) is 2.60. The first kappa shape index (κ1) is 15.9. The smallest absolute Gasteiger partial charge is 0.389 e. The van der Waals surface area contributed by atoms with Crippen LogP contribution in [0, 0.1) is 12.7 Å². The quantitative estimate of drug-likeness (QED) is 0.819. The molecule has 1 fully saturated rings. The summed E-state index contributed by atoms with van der Waals surface area (Å²) >= 11 is 0. The molecule has 1 aliphatic rings. The molecule has 0 aromatic carbocycles. The Morgan fingerprint density at radius 3 is 2.83 bits per heavy atom. The molecular weight excluding hydrogens is 320 g/mol. The van der Waals surface area contributed by atoms with Crippen molar-refractivity contribution in [3.05, 3.63) is 23.3 Å². The van der Waals surface area contributed by atoms with Gasteiger partial charge in [0.05, 0.1) is 30.6 Å². The zero-order valence-corrected chi connectivity index (χ0v) is 12.1. The Kier molecular flexibility index (Phi) is 3.88. The number of rotatable bonds is 2. The topological polar surface area (TPSA) is 71.7 Å². The highest BCUT2D eigenvalue weighted by Crippen LogP contribution is 2.36. The van der Waals surface area contributed by atoms with Gasteiger partial charge >= 0.3 is 6.18 Å². The van der Waals surface area contributed by atoms with Crippen molar-refractivity contribution >= 4 is 11.5 Å². The fourth-order valence-corrected chi connectivity index (χ4v) is 2.60. The summed E-state index contributed by atoms with van der Waals surface area (Å²) in [7, 11) is 0. The van der Waals surface area contributed by atoms with Crippen LogP contribution in [0.1, 0.15) is 17.7 Å². The summed E-state index contributed by atoms with van der Waals surface area (Å²) in [5.74, 6) is -1.39. The molecule has 0 spiro atoms. The Bertz CT molecular complexity index is 731. The van der Waals surface area contributed by atoms with Gasteiger partial charge in [0.2, 0.25) is 5.95 Å². The zero-order chi connectivity index (χ0) is 16.8. The van der Waals surface area contributed by atoms with Crippen LogP contribution in [0.4, 0.5) is 23.5 Å². The average Bonchev–Trinajstić information content (AvgIpc) is 2.73. The fraction of sp³-hybridized carbons (Fsp3) is 0.538. The summed E-state index contributed by atoms with van der Waals surface area (Å²) in [5, 5.41) is 16.5. The minimum absolute atomic E-state index is 0.00951. The summed E-state index contributed by atoms with van der Waals surface area (Å²) in [4.78, 5) is 3.83. The van der Waals surface area contributed by atoms with Crippen LogP contribution in [-0.4, -0.2) is 45.1 Å². The lowest BCUT2D eigenvalue weighted by atomic mass is 10.1. The number of nitrogens with zero attached hydrogens (tertiary/aromatic N) is 3. The van der Waals surface area contributed by atoms with Gasteiger partial charge in [-0.05, 0) is 13.3 Å². The van der Waals surface area contributed by atoms with E-state index in [1.54, 1.807) is 0 Å². The van der Waals surface area contributed by atoms with E-state index < -0.39 is 23.7 Å². The maximum atomic E-state index is 13.9. The number of aliphatic hydroxyl groups is 1. The molecule has 0 radical (unpaired) electrons. The number of nitrogens with one attached hydrogen (secondary N) is 1. The van der Waals surface area contributed by atoms with Crippen molar-refractivity contribution in [3.63, 3.8) is 0 Å². The second-order valence-electron chi connectivity index (χ2n) is 5.33. The van der Waals surface area contributed by atoms with Gasteiger partial charge in [-0.25, -0.2) is 13.9 Å². The Balaban J connectivity index is 1.97. The molecular formula is C13H14F4N4O2. The van der Waals surface area contributed by atoms with Gasteiger partial charge in [-0.1, -0.05) is 0 Å². The molecule has 3 rings (SSSR count). The molecule has 3 heterocycles. The Morgan fingerprint density at radius 2 is 2.17 bits per heavy atom. The molecule has 10 heteroatoms. The van der Waals surface area contributed by atoms with Gasteiger partial charge in [-0.3, -0.25) is 0 Å². The number of ether oxygens (including phenoxy) is 1. The van der Waals surface area contributed by atoms with E-state index in [2.05, 4.69) is 15.4 Å². The van der Waals surface area contributed by atoms with Crippen LogP contribution in [0.5, 0.6) is 0 Å². The highest BCUT2D eigenvalue weighted by atomic mass is 19.4. The maximum absolute atomic E-state index is 13.9. The molecule has 1 aliphatic heterocycles. The zero-order valence-electron chi connectivity index (χ0n) is 12.1. The van der Waals surface area contributed by atoms with Crippen LogP contribution in [0.25, 0.3) is 5.52 Å². The van der Waals surface area contributed by atoms with Crippen molar-refractivity contribution in [2.75, 3.05) is 18.5 Å². The summed E-state index contributed by atoms with van der Waals surface area (Å²) < 4.78 is 58.6. The van der Waals surface area contributed by atoms with Gasteiger partial charge in [0, 0.05) is 6.61 Å². The van der Waals surface area contributed by atoms with Gasteiger partial charge in [0.15, 0.2) is 5.82 Å². The van der Waals surface area contributed by atoms with E-state index >= 15 is 0 Å². The predicted octanol–water partition coefficient (Wildman–Crippen LogP) is 1.76. The number of aryl methyl sites for hydroxylation is 1. The van der Waals surface area contributed by atoms with Crippen LogP contribution < -0.4 is 5.32 Å². The molecule has 0 unspecified atom stereocenters. The molecule has 0 saturated carbocycles. The first-order chi connectivity index (χ1) is 10.8. The number of hydrogen-bond acceptors (Lipinski definition) is 5. The van der Waals surface area contributed by atoms with E-state index in [0.717, 1.165) is 17.6 Å². The first-order valence-corrected chi connectivity index (χ1v) is 6.92. The highest BCUT2D eigenvalue weighted by molar-refractivity contribution is 5.54. The molecule has 6 nitrogen and oxygen atoms in total. The SMILES string of the molecule is Cc1c(C(F)(F)F)c(F)c2cnc(N[C@@H]3CCOC[C@H]3O)nn12. The minimum Gasteiger partial charge on any atom is -0.389 e. The van der Waals surface area contributed by atoms with E-state index in [1.165, 1.54) is 0 Å². The van der Waals surface area contributed by atoms with Crippen molar-refractivity contribution in [1.82, 2.24) is 14.6 Å². The Hall–Kier alpha value is -1.94. The Morgan fingerprint density at radius 1 is 1.43 bits per heavy atom. The predicted molar refractivity (Wildman–Crippen MR) is 71.5 cm³/mol. The lowest BCUT2D eigenvalue weighted by molar-refractivity contribution is -0.140. The van der Waals surface area contributed by atoms with Gasteiger partial charge in [-0.15, -0.1) is 5.10 Å². The lowest BCUT2D eigenvalue weighted by Gasteiger charge is -2.28. The third kappa shape index (κ3) is 2.83. The summed E-state index contributed by atoms with van der Waals surface area (Å²) in [5.41, 5.74) is -2.06. The summed E-state index contributed by atoms with van der Waals surface area (Å²) in [6, 6.07) is -0.385. The maximum Gasteiger partial charge on any atom is 0.421 e. The number of halogens is 4. The van der Waals surface area contributed by atoms with Gasteiger partial charge < -0.3 is 15.2 Å². The van der Waals surface area contributed by atoms with Gasteiger partial charge in [-0.2, -0.15) is 13.2 Å². The molecule has 2 aromatic heterocycles. The van der Waals surface area contributed by atoms with E-state index in [9.17, 15) is 22.7 Å². The van der Waals surface area contributed by atoms with Crippen molar-refractivity contribution < 1.29 is 27.4 Å². The number of anilines is 1. The lowest BCUT2D eigenvalue weighted by Crippen LogP contribution is -2.42. The summed E-state index contributed by atoms with van der Waals surface area (Å²) in [6.07, 6.45) is -4.11. The number of aliphatic hydroxyl groups excluding tert-OH is 1.